The molecule has 2 rings (SSSR count). The smallest absolute Gasteiger partial charge is 0.252 e. The average Bonchev–Trinajstić information content (AvgIpc) is 2.75. The van der Waals surface area contributed by atoms with Gasteiger partial charge in [-0.05, 0) is 41.1 Å². The van der Waals surface area contributed by atoms with Crippen molar-refractivity contribution in [3.05, 3.63) is 48.8 Å². The molecule has 0 atom stereocenters. The lowest BCUT2D eigenvalue weighted by atomic mass is 10.2. The Morgan fingerprint density at radius 2 is 2.21 bits per heavy atom. The minimum absolute atomic E-state index is 0.0762. The zero-order valence-electron chi connectivity index (χ0n) is 10.2. The van der Waals surface area contributed by atoms with Crippen LogP contribution in [-0.2, 0) is 6.42 Å². The maximum absolute atomic E-state index is 12.0. The molecule has 1 amide bonds. The van der Waals surface area contributed by atoms with Crippen LogP contribution in [0.5, 0.6) is 0 Å². The summed E-state index contributed by atoms with van der Waals surface area (Å²) in [6, 6.07) is 5.50. The number of hydrogen-bond donors (Lipinski definition) is 1. The molecule has 6 heteroatoms. The van der Waals surface area contributed by atoms with E-state index in [1.807, 2.05) is 24.4 Å². The van der Waals surface area contributed by atoms with Crippen molar-refractivity contribution in [3.8, 4) is 0 Å². The van der Waals surface area contributed by atoms with E-state index in [2.05, 4.69) is 42.2 Å². The Balaban J connectivity index is 1.90. The summed E-state index contributed by atoms with van der Waals surface area (Å²) in [6.07, 6.45) is 0.762. The number of halogens is 2. The molecule has 100 valence electrons. The monoisotopic (exact) mass is 402 g/mol. The molecule has 1 N–H and O–H groups in total. The highest BCUT2D eigenvalue weighted by atomic mass is 79.9. The summed E-state index contributed by atoms with van der Waals surface area (Å²) in [4.78, 5) is 16.4. The number of nitrogens with one attached hydrogen (secondary N) is 1. The van der Waals surface area contributed by atoms with Crippen LogP contribution < -0.4 is 5.32 Å². The second kappa shape index (κ2) is 6.63. The fourth-order valence-electron chi connectivity index (χ4n) is 1.57. The number of aryl methyl sites for hydroxylation is 1. The molecule has 1 heterocycles. The third-order valence-electron chi connectivity index (χ3n) is 2.47. The SMILES string of the molecule is Cc1csc(CCNC(=O)c2ccc(Br)cc2Br)n1. The molecule has 0 bridgehead atoms. The van der Waals surface area contributed by atoms with Crippen LogP contribution >= 0.6 is 43.2 Å². The second-order valence-corrected chi connectivity index (χ2v) is 6.73. The molecule has 0 fully saturated rings. The van der Waals surface area contributed by atoms with E-state index in [4.69, 9.17) is 0 Å². The fourth-order valence-corrected chi connectivity index (χ4v) is 3.57. The van der Waals surface area contributed by atoms with Crippen molar-refractivity contribution in [1.29, 1.82) is 0 Å². The van der Waals surface area contributed by atoms with Crippen molar-refractivity contribution < 1.29 is 4.79 Å². The van der Waals surface area contributed by atoms with Gasteiger partial charge in [-0.3, -0.25) is 4.79 Å². The van der Waals surface area contributed by atoms with Gasteiger partial charge in [0.2, 0.25) is 0 Å². The summed E-state index contributed by atoms with van der Waals surface area (Å²) < 4.78 is 1.72. The molecule has 1 aromatic carbocycles. The molecule has 3 nitrogen and oxygen atoms in total. The summed E-state index contributed by atoms with van der Waals surface area (Å²) in [5.41, 5.74) is 1.67. The Morgan fingerprint density at radius 3 is 2.84 bits per heavy atom. The van der Waals surface area contributed by atoms with Crippen LogP contribution in [0.2, 0.25) is 0 Å². The van der Waals surface area contributed by atoms with Gasteiger partial charge in [-0.1, -0.05) is 15.9 Å². The fraction of sp³-hybridized carbons (Fsp3) is 0.231. The minimum atomic E-state index is -0.0762. The lowest BCUT2D eigenvalue weighted by Gasteiger charge is -2.06. The highest BCUT2D eigenvalue weighted by Crippen LogP contribution is 2.21. The van der Waals surface area contributed by atoms with Crippen LogP contribution in [0.15, 0.2) is 32.5 Å². The van der Waals surface area contributed by atoms with Crippen LogP contribution in [0.25, 0.3) is 0 Å². The third kappa shape index (κ3) is 4.12. The Kier molecular flexibility index (Phi) is 5.13. The lowest BCUT2D eigenvalue weighted by Crippen LogP contribution is -2.26. The second-order valence-electron chi connectivity index (χ2n) is 4.01. The van der Waals surface area contributed by atoms with E-state index in [0.29, 0.717) is 12.1 Å². The number of carbonyl (C=O) groups is 1. The van der Waals surface area contributed by atoms with E-state index in [9.17, 15) is 4.79 Å². The van der Waals surface area contributed by atoms with Gasteiger partial charge in [0, 0.05) is 33.0 Å². The summed E-state index contributed by atoms with van der Waals surface area (Å²) in [7, 11) is 0. The molecule has 1 aromatic heterocycles. The largest absolute Gasteiger partial charge is 0.352 e. The van der Waals surface area contributed by atoms with E-state index in [1.165, 1.54) is 0 Å². The molecular weight excluding hydrogens is 392 g/mol. The molecule has 19 heavy (non-hydrogen) atoms. The van der Waals surface area contributed by atoms with Crippen molar-refractivity contribution in [2.24, 2.45) is 0 Å². The number of thiazole rings is 1. The van der Waals surface area contributed by atoms with Gasteiger partial charge in [-0.25, -0.2) is 4.98 Å². The highest BCUT2D eigenvalue weighted by Gasteiger charge is 2.09. The number of carbonyl (C=O) groups excluding carboxylic acids is 1. The number of benzene rings is 1. The van der Waals surface area contributed by atoms with Crippen LogP contribution in [0.3, 0.4) is 0 Å². The van der Waals surface area contributed by atoms with Gasteiger partial charge >= 0.3 is 0 Å². The molecule has 0 spiro atoms. The predicted octanol–water partition coefficient (Wildman–Crippen LogP) is 3.95. The molecule has 0 aliphatic rings. The molecule has 0 saturated heterocycles. The molecule has 2 aromatic rings. The lowest BCUT2D eigenvalue weighted by molar-refractivity contribution is 0.0953. The first-order chi connectivity index (χ1) is 9.06. The summed E-state index contributed by atoms with van der Waals surface area (Å²) >= 11 is 8.37. The first-order valence-corrected chi connectivity index (χ1v) is 8.17. The number of rotatable bonds is 4. The van der Waals surface area contributed by atoms with Crippen molar-refractivity contribution in [2.45, 2.75) is 13.3 Å². The topological polar surface area (TPSA) is 42.0 Å². The normalized spacial score (nSPS) is 10.5. The molecular formula is C13H12Br2N2OS. The van der Waals surface area contributed by atoms with Gasteiger partial charge in [0.05, 0.1) is 10.6 Å². The first kappa shape index (κ1) is 14.7. The number of nitrogens with zero attached hydrogens (tertiary/aromatic N) is 1. The highest BCUT2D eigenvalue weighted by molar-refractivity contribution is 9.11. The first-order valence-electron chi connectivity index (χ1n) is 5.70. The van der Waals surface area contributed by atoms with Crippen LogP contribution in [0.4, 0.5) is 0 Å². The number of aromatic nitrogens is 1. The molecule has 0 aliphatic heterocycles. The Morgan fingerprint density at radius 1 is 1.42 bits per heavy atom. The van der Waals surface area contributed by atoms with E-state index < -0.39 is 0 Å². The zero-order chi connectivity index (χ0) is 13.8. The Hall–Kier alpha value is -0.720. The van der Waals surface area contributed by atoms with E-state index in [-0.39, 0.29) is 5.91 Å². The molecule has 0 radical (unpaired) electrons. The van der Waals surface area contributed by atoms with Crippen molar-refractivity contribution >= 4 is 49.1 Å². The minimum Gasteiger partial charge on any atom is -0.352 e. The van der Waals surface area contributed by atoms with E-state index in [1.54, 1.807) is 17.4 Å². The van der Waals surface area contributed by atoms with Gasteiger partial charge < -0.3 is 5.32 Å². The average molecular weight is 404 g/mol. The predicted molar refractivity (Wildman–Crippen MR) is 84.7 cm³/mol. The molecule has 0 aliphatic carbocycles. The van der Waals surface area contributed by atoms with Gasteiger partial charge in [-0.15, -0.1) is 11.3 Å². The van der Waals surface area contributed by atoms with Gasteiger partial charge in [0.15, 0.2) is 0 Å². The summed E-state index contributed by atoms with van der Waals surface area (Å²) in [5, 5.41) is 5.96. The van der Waals surface area contributed by atoms with E-state index >= 15 is 0 Å². The quantitative estimate of drug-likeness (QED) is 0.839. The van der Waals surface area contributed by atoms with Crippen LogP contribution in [0, 0.1) is 6.92 Å². The Bertz CT molecular complexity index is 598. The van der Waals surface area contributed by atoms with Gasteiger partial charge in [0.25, 0.3) is 5.91 Å². The summed E-state index contributed by atoms with van der Waals surface area (Å²) in [5.74, 6) is -0.0762. The third-order valence-corrected chi connectivity index (χ3v) is 4.64. The van der Waals surface area contributed by atoms with Crippen molar-refractivity contribution in [1.82, 2.24) is 10.3 Å². The van der Waals surface area contributed by atoms with Crippen LogP contribution in [0.1, 0.15) is 21.1 Å². The van der Waals surface area contributed by atoms with Crippen molar-refractivity contribution in [3.63, 3.8) is 0 Å². The zero-order valence-corrected chi connectivity index (χ0v) is 14.2. The van der Waals surface area contributed by atoms with Crippen LogP contribution in [-0.4, -0.2) is 17.4 Å². The molecule has 0 saturated carbocycles. The molecule has 0 unspecified atom stereocenters. The maximum Gasteiger partial charge on any atom is 0.252 e. The van der Waals surface area contributed by atoms with Crippen molar-refractivity contribution in [2.75, 3.05) is 6.54 Å². The number of amides is 1. The number of hydrogen-bond acceptors (Lipinski definition) is 3. The van der Waals surface area contributed by atoms with Gasteiger partial charge in [0.1, 0.15) is 0 Å². The maximum atomic E-state index is 12.0. The van der Waals surface area contributed by atoms with E-state index in [0.717, 1.165) is 26.1 Å². The Labute approximate surface area is 132 Å². The van der Waals surface area contributed by atoms with Gasteiger partial charge in [-0.2, -0.15) is 0 Å². The summed E-state index contributed by atoms with van der Waals surface area (Å²) in [6.45, 7) is 2.56. The standard InChI is InChI=1S/C13H12Br2N2OS/c1-8-7-19-12(17-8)4-5-16-13(18)10-3-2-9(14)6-11(10)15/h2-3,6-7H,4-5H2,1H3,(H,16,18).